The molecule has 2 aliphatic heterocycles. The lowest BCUT2D eigenvalue weighted by atomic mass is 9.71. The summed E-state index contributed by atoms with van der Waals surface area (Å²) in [5.41, 5.74) is 3.31. The van der Waals surface area contributed by atoms with Gasteiger partial charge in [-0.1, -0.05) is 0 Å². The molecule has 33 heavy (non-hydrogen) atoms. The number of amides is 1. The van der Waals surface area contributed by atoms with Gasteiger partial charge in [0.15, 0.2) is 12.1 Å². The number of aromatic nitrogens is 6. The van der Waals surface area contributed by atoms with Crippen LogP contribution >= 0.6 is 0 Å². The lowest BCUT2D eigenvalue weighted by Gasteiger charge is -2.39. The Kier molecular flexibility index (Phi) is 5.71. The number of aliphatic hydroxyl groups is 1. The van der Waals surface area contributed by atoms with Crippen LogP contribution in [0.15, 0.2) is 23.7 Å². The van der Waals surface area contributed by atoms with Crippen LogP contribution in [0.3, 0.4) is 0 Å². The summed E-state index contributed by atoms with van der Waals surface area (Å²) in [6.07, 6.45) is 5.20. The Morgan fingerprint density at radius 2 is 2.03 bits per heavy atom. The van der Waals surface area contributed by atoms with Gasteiger partial charge in [0.25, 0.3) is 0 Å². The first-order valence-corrected chi connectivity index (χ1v) is 11.5. The first kappa shape index (κ1) is 22.1. The van der Waals surface area contributed by atoms with Crippen LogP contribution in [0.1, 0.15) is 50.3 Å². The second-order valence-electron chi connectivity index (χ2n) is 9.51. The monoisotopic (exact) mass is 454 g/mol. The number of tetrazole rings is 1. The van der Waals surface area contributed by atoms with E-state index in [1.54, 1.807) is 0 Å². The third kappa shape index (κ3) is 3.94. The molecule has 2 fully saturated rings. The Morgan fingerprint density at radius 1 is 1.24 bits per heavy atom. The van der Waals surface area contributed by atoms with Gasteiger partial charge in [-0.05, 0) is 75.1 Å². The molecule has 0 aromatic carbocycles. The minimum Gasteiger partial charge on any atom is -0.364 e. The summed E-state index contributed by atoms with van der Waals surface area (Å²) in [6, 6.07) is 2.34. The van der Waals surface area contributed by atoms with Gasteiger partial charge in [0, 0.05) is 24.7 Å². The molecule has 4 heterocycles. The zero-order valence-corrected chi connectivity index (χ0v) is 19.3. The van der Waals surface area contributed by atoms with Crippen LogP contribution in [0.2, 0.25) is 0 Å². The van der Waals surface area contributed by atoms with Gasteiger partial charge < -0.3 is 14.7 Å². The number of likely N-dealkylation sites (tertiary alicyclic amines) is 1. The van der Waals surface area contributed by atoms with Crippen LogP contribution in [0.4, 0.5) is 0 Å². The fourth-order valence-corrected chi connectivity index (χ4v) is 5.36. The average molecular weight is 455 g/mol. The third-order valence-corrected chi connectivity index (χ3v) is 7.63. The zero-order chi connectivity index (χ0) is 23.2. The van der Waals surface area contributed by atoms with Crippen molar-refractivity contribution in [2.75, 3.05) is 20.2 Å². The molecule has 1 saturated heterocycles. The van der Waals surface area contributed by atoms with Crippen molar-refractivity contribution >= 4 is 5.91 Å². The second kappa shape index (κ2) is 8.54. The van der Waals surface area contributed by atoms with Crippen molar-refractivity contribution in [3.63, 3.8) is 0 Å². The van der Waals surface area contributed by atoms with Crippen molar-refractivity contribution in [3.8, 4) is 5.82 Å². The summed E-state index contributed by atoms with van der Waals surface area (Å²) in [7, 11) is 2.12. The molecule has 1 amide bonds. The lowest BCUT2D eigenvalue weighted by molar-refractivity contribution is -0.137. The summed E-state index contributed by atoms with van der Waals surface area (Å²) >= 11 is 0. The van der Waals surface area contributed by atoms with Gasteiger partial charge >= 0.3 is 0 Å². The number of aliphatic hydroxyl groups excluding tert-OH is 1. The summed E-state index contributed by atoms with van der Waals surface area (Å²) in [5.74, 6) is 0.800. The molecular weight excluding hydrogens is 424 g/mol. The molecule has 0 bridgehead atoms. The predicted octanol–water partition coefficient (Wildman–Crippen LogP) is 0.976. The summed E-state index contributed by atoms with van der Waals surface area (Å²) in [5, 5.41) is 29.7. The number of nitrogens with zero attached hydrogens (tertiary/aromatic N) is 8. The molecular formula is C22H30N8O3. The highest BCUT2D eigenvalue weighted by atomic mass is 16.6. The maximum absolute atomic E-state index is 13.4. The highest BCUT2D eigenvalue weighted by Crippen LogP contribution is 2.47. The van der Waals surface area contributed by atoms with Gasteiger partial charge in [0.1, 0.15) is 6.33 Å². The molecule has 2 aromatic rings. The quantitative estimate of drug-likeness (QED) is 0.704. The van der Waals surface area contributed by atoms with E-state index in [1.165, 1.54) is 11.0 Å². The fourth-order valence-electron chi connectivity index (χ4n) is 5.36. The van der Waals surface area contributed by atoms with Crippen LogP contribution in [0.25, 0.3) is 5.82 Å². The molecule has 1 spiro atoms. The summed E-state index contributed by atoms with van der Waals surface area (Å²) in [4.78, 5) is 17.6. The molecule has 5 rings (SSSR count). The van der Waals surface area contributed by atoms with Gasteiger partial charge in [0.05, 0.1) is 23.4 Å². The van der Waals surface area contributed by atoms with Crippen molar-refractivity contribution in [1.82, 2.24) is 40.2 Å². The molecule has 11 heteroatoms. The smallest absolute Gasteiger partial charge is 0.233 e. The van der Waals surface area contributed by atoms with E-state index in [4.69, 9.17) is 4.74 Å². The summed E-state index contributed by atoms with van der Waals surface area (Å²) in [6.45, 7) is 5.59. The fraction of sp³-hybridized carbons (Fsp3) is 0.636. The molecule has 1 atom stereocenters. The lowest BCUT2D eigenvalue weighted by Crippen LogP contribution is -2.42. The largest absolute Gasteiger partial charge is 0.364 e. The first-order valence-electron chi connectivity index (χ1n) is 11.5. The van der Waals surface area contributed by atoms with E-state index in [1.807, 2.05) is 24.8 Å². The Morgan fingerprint density at radius 3 is 2.67 bits per heavy atom. The Hall–Kier alpha value is -2.76. The average Bonchev–Trinajstić information content (AvgIpc) is 3.53. The standard InChI is InChI=1S/C22H30N8O3/c1-14-10-19(30-13-23-26-27-30)25-24-17(14)11-28(3)16-4-6-22(7-5-16)8-9-29(21(22)32)18-12-33-20(31)15(18)2/h10,13,16,20,31H,4-9,11-12H2,1-3H3. The number of ether oxygens (including phenoxy) is 1. The minimum atomic E-state index is -0.887. The zero-order valence-electron chi connectivity index (χ0n) is 19.3. The highest BCUT2D eigenvalue weighted by molar-refractivity contribution is 5.86. The Labute approximate surface area is 192 Å². The van der Waals surface area contributed by atoms with E-state index in [0.29, 0.717) is 31.6 Å². The predicted molar refractivity (Wildman–Crippen MR) is 117 cm³/mol. The van der Waals surface area contributed by atoms with Crippen molar-refractivity contribution in [2.24, 2.45) is 5.41 Å². The number of carbonyl (C=O) groups excluding carboxylic acids is 1. The normalized spacial score (nSPS) is 28.0. The highest BCUT2D eigenvalue weighted by Gasteiger charge is 2.50. The molecule has 2 aromatic heterocycles. The van der Waals surface area contributed by atoms with E-state index in [2.05, 4.69) is 37.7 Å². The molecule has 1 saturated carbocycles. The number of rotatable bonds is 5. The van der Waals surface area contributed by atoms with E-state index < -0.39 is 6.29 Å². The third-order valence-electron chi connectivity index (χ3n) is 7.63. The van der Waals surface area contributed by atoms with Crippen LogP contribution in [0, 0.1) is 12.3 Å². The van der Waals surface area contributed by atoms with Gasteiger partial charge in [-0.2, -0.15) is 9.78 Å². The van der Waals surface area contributed by atoms with Crippen LogP contribution in [-0.2, 0) is 16.1 Å². The number of hydrogen-bond donors (Lipinski definition) is 1. The van der Waals surface area contributed by atoms with Crippen LogP contribution < -0.4 is 0 Å². The summed E-state index contributed by atoms with van der Waals surface area (Å²) < 4.78 is 6.81. The SMILES string of the molecule is CC1=C(N2CCC3(CCC(N(C)Cc4nnc(-n5cnnn5)cc4C)CC3)C2=O)COC1O. The van der Waals surface area contributed by atoms with Crippen molar-refractivity contribution in [2.45, 2.75) is 64.8 Å². The topological polar surface area (TPSA) is 122 Å². The molecule has 176 valence electrons. The van der Waals surface area contributed by atoms with Crippen molar-refractivity contribution < 1.29 is 14.6 Å². The minimum absolute atomic E-state index is 0.204. The molecule has 11 nitrogen and oxygen atoms in total. The van der Waals surface area contributed by atoms with Gasteiger partial charge in [-0.15, -0.1) is 10.2 Å². The number of hydrogen-bond acceptors (Lipinski definition) is 9. The molecule has 1 aliphatic carbocycles. The van der Waals surface area contributed by atoms with E-state index >= 15 is 0 Å². The molecule has 1 unspecified atom stereocenters. The van der Waals surface area contributed by atoms with Gasteiger partial charge in [0.2, 0.25) is 5.91 Å². The van der Waals surface area contributed by atoms with E-state index in [9.17, 15) is 9.90 Å². The Balaban J connectivity index is 1.20. The maximum atomic E-state index is 13.4. The maximum Gasteiger partial charge on any atom is 0.233 e. The van der Waals surface area contributed by atoms with Gasteiger partial charge in [-0.25, -0.2) is 0 Å². The van der Waals surface area contributed by atoms with Crippen LogP contribution in [-0.4, -0.2) is 83.7 Å². The van der Waals surface area contributed by atoms with Crippen molar-refractivity contribution in [3.05, 3.63) is 34.9 Å². The first-order chi connectivity index (χ1) is 15.9. The number of carbonyl (C=O) groups is 1. The van der Waals surface area contributed by atoms with E-state index in [-0.39, 0.29) is 11.3 Å². The van der Waals surface area contributed by atoms with Crippen molar-refractivity contribution in [1.29, 1.82) is 0 Å². The molecule has 1 N–H and O–H groups in total. The Bertz CT molecular complexity index is 1060. The number of aryl methyl sites for hydroxylation is 1. The van der Waals surface area contributed by atoms with Gasteiger partial charge in [-0.3, -0.25) is 9.69 Å². The second-order valence-corrected chi connectivity index (χ2v) is 9.51. The molecule has 3 aliphatic rings. The molecule has 0 radical (unpaired) electrons. The van der Waals surface area contributed by atoms with E-state index in [0.717, 1.165) is 54.6 Å². The van der Waals surface area contributed by atoms with Crippen LogP contribution in [0.5, 0.6) is 0 Å².